The maximum absolute atomic E-state index is 11.3. The third-order valence-electron chi connectivity index (χ3n) is 2.70. The predicted octanol–water partition coefficient (Wildman–Crippen LogP) is 1.72. The number of esters is 1. The van der Waals surface area contributed by atoms with Crippen molar-refractivity contribution in [3.63, 3.8) is 0 Å². The molecule has 0 amide bonds. The summed E-state index contributed by atoms with van der Waals surface area (Å²) >= 11 is 0. The van der Waals surface area contributed by atoms with Gasteiger partial charge in [-0.2, -0.15) is 0 Å². The van der Waals surface area contributed by atoms with Crippen molar-refractivity contribution in [3.8, 4) is 0 Å². The number of aliphatic hydroxyl groups excluding tert-OH is 1. The Hall–Kier alpha value is -0.610. The highest BCUT2D eigenvalue weighted by Crippen LogP contribution is 2.08. The van der Waals surface area contributed by atoms with Crippen LogP contribution in [0.2, 0.25) is 0 Å². The van der Waals surface area contributed by atoms with E-state index in [0.717, 1.165) is 38.6 Å². The van der Waals surface area contributed by atoms with Crippen molar-refractivity contribution < 1.29 is 14.6 Å². The topological polar surface area (TPSA) is 58.6 Å². The van der Waals surface area contributed by atoms with E-state index in [1.54, 1.807) is 0 Å². The third kappa shape index (κ3) is 10.3. The van der Waals surface area contributed by atoms with Crippen LogP contribution in [0.4, 0.5) is 0 Å². The Morgan fingerprint density at radius 3 is 2.65 bits per heavy atom. The first kappa shape index (κ1) is 16.4. The van der Waals surface area contributed by atoms with E-state index in [9.17, 15) is 4.79 Å². The Morgan fingerprint density at radius 2 is 2.06 bits per heavy atom. The molecular weight excluding hydrogens is 218 g/mol. The van der Waals surface area contributed by atoms with E-state index in [0.29, 0.717) is 12.5 Å². The fourth-order valence-corrected chi connectivity index (χ4v) is 1.70. The highest BCUT2D eigenvalue weighted by atomic mass is 16.5. The molecule has 0 radical (unpaired) electrons. The molecule has 4 heteroatoms. The minimum Gasteiger partial charge on any atom is -0.465 e. The first-order valence-electron chi connectivity index (χ1n) is 6.71. The lowest BCUT2D eigenvalue weighted by Gasteiger charge is -2.15. The Morgan fingerprint density at radius 1 is 1.29 bits per heavy atom. The molecule has 0 rings (SSSR count). The molecule has 0 aromatic carbocycles. The molecule has 0 saturated carbocycles. The maximum atomic E-state index is 11.3. The molecule has 0 aliphatic heterocycles. The Balaban J connectivity index is 3.54. The summed E-state index contributed by atoms with van der Waals surface area (Å²) in [4.78, 5) is 11.3. The second-order valence-electron chi connectivity index (χ2n) is 4.37. The molecule has 4 nitrogen and oxygen atoms in total. The summed E-state index contributed by atoms with van der Waals surface area (Å²) in [5.74, 6) is 0.270. The summed E-state index contributed by atoms with van der Waals surface area (Å²) in [6.45, 7) is 5.98. The third-order valence-corrected chi connectivity index (χ3v) is 2.70. The van der Waals surface area contributed by atoms with Crippen molar-refractivity contribution in [2.24, 2.45) is 5.92 Å². The summed E-state index contributed by atoms with van der Waals surface area (Å²) < 4.78 is 5.03. The summed E-state index contributed by atoms with van der Waals surface area (Å²) in [7, 11) is 0. The van der Waals surface area contributed by atoms with Crippen molar-refractivity contribution in [1.29, 1.82) is 0 Å². The van der Waals surface area contributed by atoms with Crippen molar-refractivity contribution in [3.05, 3.63) is 0 Å². The van der Waals surface area contributed by atoms with Gasteiger partial charge in [-0.15, -0.1) is 0 Å². The van der Waals surface area contributed by atoms with Crippen molar-refractivity contribution >= 4 is 5.97 Å². The average Bonchev–Trinajstić information content (AvgIpc) is 2.30. The number of hydrogen-bond donors (Lipinski definition) is 2. The van der Waals surface area contributed by atoms with Gasteiger partial charge in [-0.1, -0.05) is 26.7 Å². The first-order chi connectivity index (χ1) is 8.24. The summed E-state index contributed by atoms with van der Waals surface area (Å²) in [6.07, 6.45) is 4.95. The van der Waals surface area contributed by atoms with Gasteiger partial charge in [0.25, 0.3) is 0 Å². The lowest BCUT2D eigenvalue weighted by molar-refractivity contribution is -0.142. The number of hydrogen-bond acceptors (Lipinski definition) is 4. The summed E-state index contributed by atoms with van der Waals surface area (Å²) in [5.41, 5.74) is 0. The van der Waals surface area contributed by atoms with E-state index >= 15 is 0 Å². The Bertz CT molecular complexity index is 180. The predicted molar refractivity (Wildman–Crippen MR) is 68.8 cm³/mol. The highest BCUT2D eigenvalue weighted by Gasteiger charge is 2.08. The molecule has 0 aromatic heterocycles. The van der Waals surface area contributed by atoms with Crippen molar-refractivity contribution in [2.45, 2.75) is 46.0 Å². The zero-order valence-corrected chi connectivity index (χ0v) is 11.2. The number of nitrogens with one attached hydrogen (secondary N) is 1. The lowest BCUT2D eigenvalue weighted by atomic mass is 10.0. The molecule has 0 aromatic rings. The van der Waals surface area contributed by atoms with Crippen molar-refractivity contribution in [2.75, 3.05) is 26.3 Å². The van der Waals surface area contributed by atoms with Gasteiger partial charge in [0.1, 0.15) is 0 Å². The fourth-order valence-electron chi connectivity index (χ4n) is 1.70. The van der Waals surface area contributed by atoms with Crippen LogP contribution in [0.3, 0.4) is 0 Å². The van der Waals surface area contributed by atoms with Gasteiger partial charge < -0.3 is 15.2 Å². The quantitative estimate of drug-likeness (QED) is 0.430. The minimum absolute atomic E-state index is 0.183. The van der Waals surface area contributed by atoms with Gasteiger partial charge in [0.05, 0.1) is 13.2 Å². The van der Waals surface area contributed by atoms with Crippen LogP contribution in [0.25, 0.3) is 0 Å². The van der Waals surface area contributed by atoms with Gasteiger partial charge >= 0.3 is 5.97 Å². The molecule has 0 fully saturated rings. The molecule has 17 heavy (non-hydrogen) atoms. The lowest BCUT2D eigenvalue weighted by Crippen LogP contribution is -2.30. The average molecular weight is 245 g/mol. The van der Waals surface area contributed by atoms with Gasteiger partial charge in [-0.25, -0.2) is 0 Å². The number of carbonyl (C=O) groups excluding carboxylic acids is 1. The number of carbonyl (C=O) groups is 1. The zero-order chi connectivity index (χ0) is 12.9. The van der Waals surface area contributed by atoms with Crippen LogP contribution in [0.15, 0.2) is 0 Å². The van der Waals surface area contributed by atoms with Gasteiger partial charge in [-0.05, 0) is 31.7 Å². The van der Waals surface area contributed by atoms with E-state index in [1.165, 1.54) is 0 Å². The largest absolute Gasteiger partial charge is 0.465 e. The van der Waals surface area contributed by atoms with E-state index < -0.39 is 0 Å². The van der Waals surface area contributed by atoms with Crippen LogP contribution in [0, 0.1) is 5.92 Å². The molecule has 0 saturated heterocycles. The van der Waals surface area contributed by atoms with Gasteiger partial charge in [0.2, 0.25) is 0 Å². The van der Waals surface area contributed by atoms with E-state index in [4.69, 9.17) is 9.84 Å². The van der Waals surface area contributed by atoms with Crippen LogP contribution < -0.4 is 5.32 Å². The normalized spacial score (nSPS) is 12.4. The van der Waals surface area contributed by atoms with E-state index in [-0.39, 0.29) is 19.1 Å². The number of unbranched alkanes of at least 4 members (excludes halogenated alkanes) is 1. The molecule has 0 bridgehead atoms. The standard InChI is InChI=1S/C13H27NO3/c1-3-5-9-17-13(16)11-14-10-12(6-4-2)7-8-15/h12,14-15H,3-11H2,1-2H3. The number of rotatable bonds is 11. The van der Waals surface area contributed by atoms with Crippen LogP contribution in [-0.2, 0) is 9.53 Å². The second-order valence-corrected chi connectivity index (χ2v) is 4.37. The smallest absolute Gasteiger partial charge is 0.319 e. The molecule has 0 spiro atoms. The van der Waals surface area contributed by atoms with Crippen LogP contribution in [0.5, 0.6) is 0 Å². The monoisotopic (exact) mass is 245 g/mol. The fraction of sp³-hybridized carbons (Fsp3) is 0.923. The molecule has 0 heterocycles. The number of ether oxygens (including phenoxy) is 1. The molecular formula is C13H27NO3. The van der Waals surface area contributed by atoms with Crippen LogP contribution in [0.1, 0.15) is 46.0 Å². The highest BCUT2D eigenvalue weighted by molar-refractivity contribution is 5.71. The van der Waals surface area contributed by atoms with Gasteiger partial charge in [-0.3, -0.25) is 4.79 Å². The molecule has 2 N–H and O–H groups in total. The van der Waals surface area contributed by atoms with Crippen LogP contribution in [-0.4, -0.2) is 37.4 Å². The molecule has 0 aliphatic rings. The Labute approximate surface area is 105 Å². The first-order valence-corrected chi connectivity index (χ1v) is 6.71. The van der Waals surface area contributed by atoms with Crippen molar-refractivity contribution in [1.82, 2.24) is 5.32 Å². The molecule has 1 atom stereocenters. The minimum atomic E-state index is -0.183. The summed E-state index contributed by atoms with van der Waals surface area (Å²) in [6, 6.07) is 0. The molecule has 0 aliphatic carbocycles. The zero-order valence-electron chi connectivity index (χ0n) is 11.2. The second kappa shape index (κ2) is 11.9. The molecule has 102 valence electrons. The summed E-state index contributed by atoms with van der Waals surface area (Å²) in [5, 5.41) is 12.0. The van der Waals surface area contributed by atoms with E-state index in [1.807, 2.05) is 0 Å². The van der Waals surface area contributed by atoms with Gasteiger partial charge in [0, 0.05) is 6.61 Å². The maximum Gasteiger partial charge on any atom is 0.319 e. The Kier molecular flexibility index (Phi) is 11.4. The molecule has 1 unspecified atom stereocenters. The SMILES string of the molecule is CCCCOC(=O)CNCC(CCC)CCO. The van der Waals surface area contributed by atoms with E-state index in [2.05, 4.69) is 19.2 Å². The number of aliphatic hydroxyl groups is 1. The van der Waals surface area contributed by atoms with Gasteiger partial charge in [0.15, 0.2) is 0 Å². The van der Waals surface area contributed by atoms with Crippen LogP contribution >= 0.6 is 0 Å².